The average molecular weight is 421 g/mol. The Labute approximate surface area is 169 Å². The fourth-order valence-electron chi connectivity index (χ4n) is 3.15. The molecule has 1 aliphatic heterocycles. The van der Waals surface area contributed by atoms with Gasteiger partial charge in [0, 0.05) is 6.54 Å². The number of nitrogens with zero attached hydrogens (tertiary/aromatic N) is 1. The van der Waals surface area contributed by atoms with Gasteiger partial charge in [-0.1, -0.05) is 48.0 Å². The van der Waals surface area contributed by atoms with E-state index in [1.165, 1.54) is 12.1 Å². The third-order valence-electron chi connectivity index (χ3n) is 4.84. The Bertz CT molecular complexity index is 947. The number of rotatable bonds is 5. The standard InChI is InChI=1S/C20H23NO7S/c1-13-7-9-15(10-8-13)29(26,27)21-11-16(22)18(23)19(24)17(21)20(25)28-12-14-5-3-2-4-6-14/h2-10,16-19,22-24H,11-12H2,1H3/t16-,17-,18+,19-/m0/s1. The molecule has 1 fully saturated rings. The zero-order valence-electron chi connectivity index (χ0n) is 15.7. The summed E-state index contributed by atoms with van der Waals surface area (Å²) in [7, 11) is -4.24. The summed E-state index contributed by atoms with van der Waals surface area (Å²) in [5, 5.41) is 30.4. The maximum absolute atomic E-state index is 13.1. The molecule has 0 spiro atoms. The van der Waals surface area contributed by atoms with Crippen molar-refractivity contribution in [3.8, 4) is 0 Å². The Hall–Kier alpha value is -2.30. The van der Waals surface area contributed by atoms with Crippen molar-refractivity contribution in [2.45, 2.75) is 42.8 Å². The van der Waals surface area contributed by atoms with E-state index in [0.29, 0.717) is 9.87 Å². The van der Waals surface area contributed by atoms with E-state index in [-0.39, 0.29) is 11.5 Å². The monoisotopic (exact) mass is 421 g/mol. The highest BCUT2D eigenvalue weighted by Gasteiger charge is 2.50. The Morgan fingerprint density at radius 2 is 1.66 bits per heavy atom. The van der Waals surface area contributed by atoms with E-state index in [1.54, 1.807) is 49.4 Å². The molecule has 0 amide bonds. The second-order valence-corrected chi connectivity index (χ2v) is 8.87. The van der Waals surface area contributed by atoms with Crippen LogP contribution in [0.15, 0.2) is 59.5 Å². The largest absolute Gasteiger partial charge is 0.460 e. The summed E-state index contributed by atoms with van der Waals surface area (Å²) in [5.41, 5.74) is 1.52. The molecule has 1 saturated heterocycles. The Balaban J connectivity index is 1.89. The zero-order chi connectivity index (χ0) is 21.2. The van der Waals surface area contributed by atoms with E-state index >= 15 is 0 Å². The van der Waals surface area contributed by atoms with E-state index < -0.39 is 46.9 Å². The highest BCUT2D eigenvalue weighted by atomic mass is 32.2. The second kappa shape index (κ2) is 8.60. The molecule has 0 aromatic heterocycles. The van der Waals surface area contributed by atoms with Gasteiger partial charge < -0.3 is 20.1 Å². The lowest BCUT2D eigenvalue weighted by molar-refractivity contribution is -0.168. The third-order valence-corrected chi connectivity index (χ3v) is 6.70. The Morgan fingerprint density at radius 3 is 2.28 bits per heavy atom. The number of benzene rings is 2. The molecular weight excluding hydrogens is 398 g/mol. The first-order chi connectivity index (χ1) is 13.7. The van der Waals surface area contributed by atoms with Crippen LogP contribution in [0.4, 0.5) is 0 Å². The van der Waals surface area contributed by atoms with E-state index in [4.69, 9.17) is 4.74 Å². The molecule has 0 saturated carbocycles. The Kier molecular flexibility index (Phi) is 6.35. The van der Waals surface area contributed by atoms with Crippen molar-refractivity contribution in [3.63, 3.8) is 0 Å². The van der Waals surface area contributed by atoms with Gasteiger partial charge in [-0.2, -0.15) is 4.31 Å². The number of aliphatic hydroxyl groups is 3. The van der Waals surface area contributed by atoms with Gasteiger partial charge in [-0.05, 0) is 24.6 Å². The van der Waals surface area contributed by atoms with Crippen LogP contribution in [0.1, 0.15) is 11.1 Å². The molecule has 156 valence electrons. The highest BCUT2D eigenvalue weighted by Crippen LogP contribution is 2.27. The van der Waals surface area contributed by atoms with Gasteiger partial charge in [0.15, 0.2) is 6.04 Å². The fourth-order valence-corrected chi connectivity index (χ4v) is 4.76. The summed E-state index contributed by atoms with van der Waals surface area (Å²) in [6.07, 6.45) is -5.08. The van der Waals surface area contributed by atoms with Crippen molar-refractivity contribution >= 4 is 16.0 Å². The third kappa shape index (κ3) is 4.49. The average Bonchev–Trinajstić information content (AvgIpc) is 2.71. The molecule has 3 N–H and O–H groups in total. The van der Waals surface area contributed by atoms with Crippen LogP contribution < -0.4 is 0 Å². The molecule has 4 atom stereocenters. The first-order valence-corrected chi connectivity index (χ1v) is 10.5. The predicted octanol–water partition coefficient (Wildman–Crippen LogP) is 0.194. The van der Waals surface area contributed by atoms with Gasteiger partial charge in [0.05, 0.1) is 11.0 Å². The second-order valence-electron chi connectivity index (χ2n) is 6.97. The molecule has 9 heteroatoms. The van der Waals surface area contributed by atoms with E-state index in [9.17, 15) is 28.5 Å². The number of hydrogen-bond donors (Lipinski definition) is 3. The fraction of sp³-hybridized carbons (Fsp3) is 0.350. The van der Waals surface area contributed by atoms with Crippen LogP contribution in [0.3, 0.4) is 0 Å². The maximum Gasteiger partial charge on any atom is 0.327 e. The minimum atomic E-state index is -4.24. The number of carbonyl (C=O) groups excluding carboxylic acids is 1. The summed E-state index contributed by atoms with van der Waals surface area (Å²) in [4.78, 5) is 12.6. The van der Waals surface area contributed by atoms with Gasteiger partial charge in [-0.15, -0.1) is 0 Å². The number of sulfonamides is 1. The number of aryl methyl sites for hydroxylation is 1. The molecule has 2 aromatic rings. The smallest absolute Gasteiger partial charge is 0.327 e. The number of piperidine rings is 1. The summed E-state index contributed by atoms with van der Waals surface area (Å²) in [6.45, 7) is 1.12. The SMILES string of the molecule is Cc1ccc(S(=O)(=O)N2C[C@H](O)[C@@H](O)[C@@H](O)[C@H]2C(=O)OCc2ccccc2)cc1. The number of aliphatic hydroxyl groups excluding tert-OH is 3. The van der Waals surface area contributed by atoms with Crippen molar-refractivity contribution in [2.75, 3.05) is 6.54 Å². The summed E-state index contributed by atoms with van der Waals surface area (Å²) < 4.78 is 32.1. The van der Waals surface area contributed by atoms with Crippen molar-refractivity contribution in [1.29, 1.82) is 0 Å². The summed E-state index contributed by atoms with van der Waals surface area (Å²) in [5.74, 6) is -1.01. The van der Waals surface area contributed by atoms with Crippen molar-refractivity contribution in [2.24, 2.45) is 0 Å². The van der Waals surface area contributed by atoms with Crippen molar-refractivity contribution < 1.29 is 33.3 Å². The van der Waals surface area contributed by atoms with Crippen molar-refractivity contribution in [1.82, 2.24) is 4.31 Å². The molecule has 1 heterocycles. The van der Waals surface area contributed by atoms with Crippen LogP contribution in [-0.4, -0.2) is 64.9 Å². The first-order valence-electron chi connectivity index (χ1n) is 9.05. The zero-order valence-corrected chi connectivity index (χ0v) is 16.6. The molecule has 8 nitrogen and oxygen atoms in total. The molecule has 0 aliphatic carbocycles. The molecule has 0 bridgehead atoms. The van der Waals surface area contributed by atoms with Crippen LogP contribution >= 0.6 is 0 Å². The van der Waals surface area contributed by atoms with E-state index in [2.05, 4.69) is 0 Å². The van der Waals surface area contributed by atoms with Crippen LogP contribution in [-0.2, 0) is 26.2 Å². The lowest BCUT2D eigenvalue weighted by Gasteiger charge is -2.41. The highest BCUT2D eigenvalue weighted by molar-refractivity contribution is 7.89. The normalized spacial score (nSPS) is 25.5. The Morgan fingerprint density at radius 1 is 1.03 bits per heavy atom. The predicted molar refractivity (Wildman–Crippen MR) is 103 cm³/mol. The van der Waals surface area contributed by atoms with Crippen molar-refractivity contribution in [3.05, 3.63) is 65.7 Å². The van der Waals surface area contributed by atoms with Gasteiger partial charge in [0.1, 0.15) is 18.8 Å². The molecule has 2 aromatic carbocycles. The van der Waals surface area contributed by atoms with E-state index in [0.717, 1.165) is 5.56 Å². The topological polar surface area (TPSA) is 124 Å². The number of β-amino-alcohol motifs (C(OH)–C–C–N with tert-alkyl or cyclic N) is 1. The van der Waals surface area contributed by atoms with Gasteiger partial charge in [-0.3, -0.25) is 4.79 Å². The molecule has 1 aliphatic rings. The molecule has 3 rings (SSSR count). The summed E-state index contributed by atoms with van der Waals surface area (Å²) in [6, 6.07) is 13.0. The maximum atomic E-state index is 13.1. The lowest BCUT2D eigenvalue weighted by Crippen LogP contribution is -2.65. The number of carbonyl (C=O) groups is 1. The van der Waals surface area contributed by atoms with Gasteiger partial charge in [0.25, 0.3) is 0 Å². The van der Waals surface area contributed by atoms with Gasteiger partial charge in [0.2, 0.25) is 10.0 Å². The number of esters is 1. The van der Waals surface area contributed by atoms with Crippen LogP contribution in [0.25, 0.3) is 0 Å². The first kappa shape index (κ1) is 21.4. The van der Waals surface area contributed by atoms with Gasteiger partial charge >= 0.3 is 5.97 Å². The molecule has 29 heavy (non-hydrogen) atoms. The van der Waals surface area contributed by atoms with Crippen LogP contribution in [0.5, 0.6) is 0 Å². The molecule has 0 unspecified atom stereocenters. The minimum absolute atomic E-state index is 0.0975. The number of ether oxygens (including phenoxy) is 1. The minimum Gasteiger partial charge on any atom is -0.460 e. The molecular formula is C20H23NO7S. The van der Waals surface area contributed by atoms with Crippen LogP contribution in [0.2, 0.25) is 0 Å². The van der Waals surface area contributed by atoms with Gasteiger partial charge in [-0.25, -0.2) is 8.42 Å². The molecule has 0 radical (unpaired) electrons. The lowest BCUT2D eigenvalue weighted by atomic mass is 9.96. The summed E-state index contributed by atoms with van der Waals surface area (Å²) >= 11 is 0. The quantitative estimate of drug-likeness (QED) is 0.589. The number of hydrogen-bond acceptors (Lipinski definition) is 7. The van der Waals surface area contributed by atoms with Crippen LogP contribution in [0, 0.1) is 6.92 Å². The van der Waals surface area contributed by atoms with E-state index in [1.807, 2.05) is 0 Å².